The fourth-order valence-electron chi connectivity index (χ4n) is 2.42. The number of hydrogen-bond donors (Lipinski definition) is 0. The number of allylic oxidation sites excluding steroid dienone is 4. The Kier molecular flexibility index (Phi) is 4.12. The summed E-state index contributed by atoms with van der Waals surface area (Å²) in [5.41, 5.74) is 1.73. The molecule has 3 unspecified atom stereocenters. The van der Waals surface area contributed by atoms with Gasteiger partial charge in [-0.2, -0.15) is 0 Å². The Hall–Kier alpha value is -0.850. The van der Waals surface area contributed by atoms with Gasteiger partial charge in [0.1, 0.15) is 6.29 Å². The van der Waals surface area contributed by atoms with E-state index in [0.29, 0.717) is 11.8 Å². The van der Waals surface area contributed by atoms with E-state index < -0.39 is 0 Å². The molecule has 0 N–H and O–H groups in total. The minimum atomic E-state index is 0.0285. The first kappa shape index (κ1) is 13.2. The summed E-state index contributed by atoms with van der Waals surface area (Å²) in [5.74, 6) is 1.19. The Bertz CT molecular complexity index is 309. The van der Waals surface area contributed by atoms with Crippen molar-refractivity contribution in [3.05, 3.63) is 23.8 Å². The van der Waals surface area contributed by atoms with Crippen LogP contribution < -0.4 is 0 Å². The van der Waals surface area contributed by atoms with Gasteiger partial charge in [0.05, 0.1) is 0 Å². The molecule has 0 heterocycles. The van der Waals surface area contributed by atoms with Crippen molar-refractivity contribution >= 4 is 6.29 Å². The van der Waals surface area contributed by atoms with Crippen LogP contribution in [-0.2, 0) is 4.79 Å². The van der Waals surface area contributed by atoms with Gasteiger partial charge >= 0.3 is 0 Å². The Labute approximate surface area is 99.6 Å². The number of rotatable bonds is 3. The van der Waals surface area contributed by atoms with Gasteiger partial charge in [-0.25, -0.2) is 0 Å². The van der Waals surface area contributed by atoms with Crippen LogP contribution in [0.3, 0.4) is 0 Å². The molecule has 0 spiro atoms. The third-order valence-corrected chi connectivity index (χ3v) is 4.18. The fraction of sp³-hybridized carbons (Fsp3) is 0.667. The maximum Gasteiger partial charge on any atom is 0.126 e. The summed E-state index contributed by atoms with van der Waals surface area (Å²) in [6.45, 7) is 11.1. The highest BCUT2D eigenvalue weighted by molar-refractivity contribution is 5.55. The fourth-order valence-corrected chi connectivity index (χ4v) is 2.42. The normalized spacial score (nSPS) is 31.2. The zero-order valence-corrected chi connectivity index (χ0v) is 11.2. The number of carbonyl (C=O) groups excluding carboxylic acids is 1. The molecular formula is C15H24O. The van der Waals surface area contributed by atoms with Crippen molar-refractivity contribution < 1.29 is 4.79 Å². The third-order valence-electron chi connectivity index (χ3n) is 4.18. The molecule has 0 aromatic rings. The SMILES string of the molecule is CC1=CCC(C)C(C)(C)C1C=CC(C)C=O. The molecule has 0 saturated heterocycles. The van der Waals surface area contributed by atoms with Crippen LogP contribution in [0.1, 0.15) is 41.0 Å². The predicted octanol–water partition coefficient (Wildman–Crippen LogP) is 4.01. The molecule has 0 aromatic carbocycles. The molecule has 1 heteroatoms. The maximum atomic E-state index is 10.6. The lowest BCUT2D eigenvalue weighted by Gasteiger charge is -2.42. The van der Waals surface area contributed by atoms with Crippen LogP contribution in [-0.4, -0.2) is 6.29 Å². The lowest BCUT2D eigenvalue weighted by atomic mass is 9.63. The van der Waals surface area contributed by atoms with E-state index in [0.717, 1.165) is 6.29 Å². The van der Waals surface area contributed by atoms with Crippen molar-refractivity contribution in [1.29, 1.82) is 0 Å². The van der Waals surface area contributed by atoms with Crippen LogP contribution >= 0.6 is 0 Å². The standard InChI is InChI=1S/C15H24O/c1-11(10-16)6-9-14-12(2)7-8-13(3)15(14,4)5/h6-7,9-11,13-14H,8H2,1-5H3. The average Bonchev–Trinajstić information content (AvgIpc) is 2.23. The van der Waals surface area contributed by atoms with Crippen molar-refractivity contribution in [3.8, 4) is 0 Å². The zero-order valence-electron chi connectivity index (χ0n) is 11.2. The first-order valence-electron chi connectivity index (χ1n) is 6.19. The van der Waals surface area contributed by atoms with E-state index in [9.17, 15) is 4.79 Å². The van der Waals surface area contributed by atoms with Crippen molar-refractivity contribution in [3.63, 3.8) is 0 Å². The molecule has 0 bridgehead atoms. The number of aldehydes is 1. The van der Waals surface area contributed by atoms with Gasteiger partial charge in [-0.15, -0.1) is 0 Å². The van der Waals surface area contributed by atoms with Crippen LogP contribution in [0.4, 0.5) is 0 Å². The second-order valence-corrected chi connectivity index (χ2v) is 5.76. The van der Waals surface area contributed by atoms with Crippen molar-refractivity contribution in [1.82, 2.24) is 0 Å². The van der Waals surface area contributed by atoms with Gasteiger partial charge in [-0.05, 0) is 24.7 Å². The predicted molar refractivity (Wildman–Crippen MR) is 69.2 cm³/mol. The topological polar surface area (TPSA) is 17.1 Å². The van der Waals surface area contributed by atoms with Crippen molar-refractivity contribution in [2.75, 3.05) is 0 Å². The van der Waals surface area contributed by atoms with Crippen LogP contribution in [0, 0.1) is 23.2 Å². The summed E-state index contributed by atoms with van der Waals surface area (Å²) in [4.78, 5) is 10.6. The Balaban J connectivity index is 2.91. The number of hydrogen-bond acceptors (Lipinski definition) is 1. The Morgan fingerprint density at radius 3 is 2.69 bits per heavy atom. The summed E-state index contributed by atoms with van der Waals surface area (Å²) in [6, 6.07) is 0. The molecule has 90 valence electrons. The molecule has 0 aromatic heterocycles. The molecule has 16 heavy (non-hydrogen) atoms. The van der Waals surface area contributed by atoms with E-state index in [-0.39, 0.29) is 11.3 Å². The molecule has 0 amide bonds. The van der Waals surface area contributed by atoms with Gasteiger partial charge in [0.15, 0.2) is 0 Å². The van der Waals surface area contributed by atoms with Crippen LogP contribution in [0.15, 0.2) is 23.8 Å². The van der Waals surface area contributed by atoms with Crippen molar-refractivity contribution in [2.45, 2.75) is 41.0 Å². The first-order valence-corrected chi connectivity index (χ1v) is 6.19. The van der Waals surface area contributed by atoms with E-state index in [4.69, 9.17) is 0 Å². The lowest BCUT2D eigenvalue weighted by Crippen LogP contribution is -2.33. The third kappa shape index (κ3) is 2.63. The van der Waals surface area contributed by atoms with E-state index in [1.54, 1.807) is 0 Å². The molecule has 1 nitrogen and oxygen atoms in total. The Morgan fingerprint density at radius 2 is 2.12 bits per heavy atom. The second kappa shape index (κ2) is 4.99. The van der Waals surface area contributed by atoms with Gasteiger partial charge in [-0.1, -0.05) is 51.5 Å². The molecule has 3 atom stereocenters. The van der Waals surface area contributed by atoms with Gasteiger partial charge in [0.2, 0.25) is 0 Å². The summed E-state index contributed by atoms with van der Waals surface area (Å²) in [6.07, 6.45) is 8.77. The molecule has 1 rings (SSSR count). The summed E-state index contributed by atoms with van der Waals surface area (Å²) < 4.78 is 0. The van der Waals surface area contributed by atoms with Gasteiger partial charge in [-0.3, -0.25) is 0 Å². The van der Waals surface area contributed by atoms with Gasteiger partial charge < -0.3 is 4.79 Å². The summed E-state index contributed by atoms with van der Waals surface area (Å²) in [5, 5.41) is 0. The lowest BCUT2D eigenvalue weighted by molar-refractivity contribution is -0.109. The molecule has 0 aliphatic heterocycles. The van der Waals surface area contributed by atoms with Gasteiger partial charge in [0, 0.05) is 11.8 Å². The smallest absolute Gasteiger partial charge is 0.126 e. The minimum absolute atomic E-state index is 0.0285. The molecule has 1 aliphatic rings. The number of carbonyl (C=O) groups is 1. The highest BCUT2D eigenvalue weighted by Gasteiger charge is 2.36. The summed E-state index contributed by atoms with van der Waals surface area (Å²) >= 11 is 0. The van der Waals surface area contributed by atoms with E-state index in [1.165, 1.54) is 12.0 Å². The van der Waals surface area contributed by atoms with Crippen molar-refractivity contribution in [2.24, 2.45) is 23.2 Å². The second-order valence-electron chi connectivity index (χ2n) is 5.76. The van der Waals surface area contributed by atoms with Crippen LogP contribution in [0.5, 0.6) is 0 Å². The summed E-state index contributed by atoms with van der Waals surface area (Å²) in [7, 11) is 0. The van der Waals surface area contributed by atoms with Crippen LogP contribution in [0.25, 0.3) is 0 Å². The largest absolute Gasteiger partial charge is 0.303 e. The molecule has 0 radical (unpaired) electrons. The average molecular weight is 220 g/mol. The van der Waals surface area contributed by atoms with E-state index >= 15 is 0 Å². The maximum absolute atomic E-state index is 10.6. The van der Waals surface area contributed by atoms with E-state index in [1.807, 2.05) is 13.0 Å². The van der Waals surface area contributed by atoms with Gasteiger partial charge in [0.25, 0.3) is 0 Å². The Morgan fingerprint density at radius 1 is 1.50 bits per heavy atom. The molecule has 0 fully saturated rings. The monoisotopic (exact) mass is 220 g/mol. The molecule has 1 aliphatic carbocycles. The highest BCUT2D eigenvalue weighted by atomic mass is 16.1. The van der Waals surface area contributed by atoms with E-state index in [2.05, 4.69) is 39.8 Å². The molecule has 0 saturated carbocycles. The zero-order chi connectivity index (χ0) is 12.3. The molecular weight excluding hydrogens is 196 g/mol. The minimum Gasteiger partial charge on any atom is -0.303 e. The van der Waals surface area contributed by atoms with Crippen LogP contribution in [0.2, 0.25) is 0 Å². The quantitative estimate of drug-likeness (QED) is 0.519. The first-order chi connectivity index (χ1) is 7.39. The highest BCUT2D eigenvalue weighted by Crippen LogP contribution is 2.45.